The molecule has 3 rings (SSSR count). The van der Waals surface area contributed by atoms with Crippen LogP contribution in [0.1, 0.15) is 30.1 Å². The molecule has 1 aliphatic rings. The second kappa shape index (κ2) is 9.95. The largest absolute Gasteiger partial charge is 0.496 e. The zero-order valence-electron chi connectivity index (χ0n) is 17.3. The number of rotatable bonds is 8. The highest BCUT2D eigenvalue weighted by Gasteiger charge is 2.26. The Kier molecular flexibility index (Phi) is 7.33. The van der Waals surface area contributed by atoms with Crippen LogP contribution in [0.2, 0.25) is 0 Å². The third-order valence-corrected chi connectivity index (χ3v) is 6.65. The van der Waals surface area contributed by atoms with Crippen LogP contribution in [0, 0.1) is 5.92 Å². The molecule has 0 aliphatic carbocycles. The summed E-state index contributed by atoms with van der Waals surface area (Å²) in [6.45, 7) is 3.79. The Balaban J connectivity index is 1.68. The summed E-state index contributed by atoms with van der Waals surface area (Å²) in [5.74, 6) is 1.42. The first-order chi connectivity index (χ1) is 14.4. The summed E-state index contributed by atoms with van der Waals surface area (Å²) in [5.41, 5.74) is 0.260. The zero-order chi connectivity index (χ0) is 21.6. The lowest BCUT2D eigenvalue weighted by molar-refractivity contribution is 0.0693. The molecule has 7 nitrogen and oxygen atoms in total. The summed E-state index contributed by atoms with van der Waals surface area (Å²) >= 11 is 0. The fourth-order valence-corrected chi connectivity index (χ4v) is 4.39. The smallest absolute Gasteiger partial charge is 0.257 e. The minimum absolute atomic E-state index is 0.0248. The van der Waals surface area contributed by atoms with Crippen LogP contribution in [-0.4, -0.2) is 52.6 Å². The van der Waals surface area contributed by atoms with E-state index in [1.165, 1.54) is 25.3 Å². The highest BCUT2D eigenvalue weighted by Crippen LogP contribution is 2.26. The molecule has 2 aromatic carbocycles. The lowest BCUT2D eigenvalue weighted by Gasteiger charge is -2.30. The molecule has 1 amide bonds. The van der Waals surface area contributed by atoms with Crippen LogP contribution in [0.15, 0.2) is 53.4 Å². The number of amides is 1. The van der Waals surface area contributed by atoms with Crippen molar-refractivity contribution in [1.29, 1.82) is 0 Å². The van der Waals surface area contributed by atoms with Crippen molar-refractivity contribution in [3.8, 4) is 11.5 Å². The SMILES string of the molecule is COc1ccc(S(=O)(=O)NCCOc2ccccc2)cc1C(=O)N1CCC(C)CC1. The average molecular weight is 433 g/mol. The molecule has 0 spiro atoms. The predicted octanol–water partition coefficient (Wildman–Crippen LogP) is 2.92. The maximum absolute atomic E-state index is 13.0. The molecule has 1 fully saturated rings. The van der Waals surface area contributed by atoms with E-state index in [0.717, 1.165) is 12.8 Å². The van der Waals surface area contributed by atoms with Gasteiger partial charge in [-0.3, -0.25) is 4.79 Å². The average Bonchev–Trinajstić information content (AvgIpc) is 2.77. The van der Waals surface area contributed by atoms with Gasteiger partial charge < -0.3 is 14.4 Å². The summed E-state index contributed by atoms with van der Waals surface area (Å²) in [7, 11) is -2.32. The Morgan fingerprint density at radius 1 is 1.13 bits per heavy atom. The van der Waals surface area contributed by atoms with Gasteiger partial charge in [-0.05, 0) is 49.1 Å². The van der Waals surface area contributed by atoms with Gasteiger partial charge in [0.2, 0.25) is 10.0 Å². The topological polar surface area (TPSA) is 84.9 Å². The Morgan fingerprint density at radius 2 is 1.83 bits per heavy atom. The molecule has 30 heavy (non-hydrogen) atoms. The molecule has 1 heterocycles. The molecule has 1 saturated heterocycles. The molecule has 0 unspecified atom stereocenters. The number of methoxy groups -OCH3 is 1. The van der Waals surface area contributed by atoms with Gasteiger partial charge in [0.15, 0.2) is 0 Å². The van der Waals surface area contributed by atoms with E-state index in [0.29, 0.717) is 30.5 Å². The minimum atomic E-state index is -3.79. The Labute approximate surface area is 178 Å². The lowest BCUT2D eigenvalue weighted by Crippen LogP contribution is -2.38. The Hall–Kier alpha value is -2.58. The van der Waals surface area contributed by atoms with E-state index in [9.17, 15) is 13.2 Å². The number of benzene rings is 2. The molecule has 1 N–H and O–H groups in total. The Morgan fingerprint density at radius 3 is 2.50 bits per heavy atom. The van der Waals surface area contributed by atoms with Gasteiger partial charge in [-0.1, -0.05) is 25.1 Å². The summed E-state index contributed by atoms with van der Waals surface area (Å²) in [4.78, 5) is 14.8. The van der Waals surface area contributed by atoms with E-state index < -0.39 is 10.0 Å². The van der Waals surface area contributed by atoms with Crippen LogP contribution in [0.4, 0.5) is 0 Å². The van der Waals surface area contributed by atoms with Crippen molar-refractivity contribution in [3.63, 3.8) is 0 Å². The number of carbonyl (C=O) groups excluding carboxylic acids is 1. The van der Waals surface area contributed by atoms with Gasteiger partial charge in [0.25, 0.3) is 5.91 Å². The van der Waals surface area contributed by atoms with Crippen LogP contribution in [0.25, 0.3) is 0 Å². The number of ether oxygens (including phenoxy) is 2. The Bertz CT molecular complexity index is 955. The first-order valence-corrected chi connectivity index (χ1v) is 11.5. The van der Waals surface area contributed by atoms with Gasteiger partial charge in [0, 0.05) is 19.6 Å². The second-order valence-corrected chi connectivity index (χ2v) is 9.16. The standard InChI is InChI=1S/C22H28N2O5S/c1-17-10-13-24(14-11-17)22(25)20-16-19(8-9-21(20)28-2)30(26,27)23-12-15-29-18-6-4-3-5-7-18/h3-9,16-17,23H,10-15H2,1-2H3. The van der Waals surface area contributed by atoms with E-state index in [1.807, 2.05) is 18.2 Å². The van der Waals surface area contributed by atoms with Gasteiger partial charge in [0.1, 0.15) is 18.1 Å². The number of carbonyl (C=O) groups is 1. The molecule has 0 atom stereocenters. The molecule has 0 bridgehead atoms. The van der Waals surface area contributed by atoms with E-state index in [2.05, 4.69) is 11.6 Å². The van der Waals surface area contributed by atoms with Crippen molar-refractivity contribution < 1.29 is 22.7 Å². The number of hydrogen-bond acceptors (Lipinski definition) is 5. The first kappa shape index (κ1) is 22.1. The number of likely N-dealkylation sites (tertiary alicyclic amines) is 1. The molecule has 0 saturated carbocycles. The maximum atomic E-state index is 13.0. The van der Waals surface area contributed by atoms with Crippen LogP contribution in [0.3, 0.4) is 0 Å². The van der Waals surface area contributed by atoms with Gasteiger partial charge in [-0.25, -0.2) is 13.1 Å². The maximum Gasteiger partial charge on any atom is 0.257 e. The van der Waals surface area contributed by atoms with Crippen LogP contribution < -0.4 is 14.2 Å². The molecular weight excluding hydrogens is 404 g/mol. The molecule has 0 aromatic heterocycles. The van der Waals surface area contributed by atoms with Crippen molar-refractivity contribution in [1.82, 2.24) is 9.62 Å². The van der Waals surface area contributed by atoms with Crippen molar-refractivity contribution in [2.24, 2.45) is 5.92 Å². The highest BCUT2D eigenvalue weighted by atomic mass is 32.2. The van der Waals surface area contributed by atoms with Crippen molar-refractivity contribution in [2.75, 3.05) is 33.4 Å². The minimum Gasteiger partial charge on any atom is -0.496 e. The van der Waals surface area contributed by atoms with Gasteiger partial charge >= 0.3 is 0 Å². The number of piperidine rings is 1. The summed E-state index contributed by atoms with van der Waals surface area (Å²) in [5, 5.41) is 0. The molecule has 2 aromatic rings. The van der Waals surface area contributed by atoms with Gasteiger partial charge in [0.05, 0.1) is 17.6 Å². The van der Waals surface area contributed by atoms with Crippen molar-refractivity contribution in [3.05, 3.63) is 54.1 Å². The molecular formula is C22H28N2O5S. The highest BCUT2D eigenvalue weighted by molar-refractivity contribution is 7.89. The normalized spacial score (nSPS) is 15.1. The predicted molar refractivity (Wildman–Crippen MR) is 114 cm³/mol. The summed E-state index contributed by atoms with van der Waals surface area (Å²) in [6.07, 6.45) is 1.88. The molecule has 1 aliphatic heterocycles. The summed E-state index contributed by atoms with van der Waals surface area (Å²) in [6, 6.07) is 13.5. The third kappa shape index (κ3) is 5.52. The van der Waals surface area contributed by atoms with Crippen molar-refractivity contribution >= 4 is 15.9 Å². The van der Waals surface area contributed by atoms with Crippen LogP contribution in [-0.2, 0) is 10.0 Å². The molecule has 8 heteroatoms. The van der Waals surface area contributed by atoms with E-state index >= 15 is 0 Å². The zero-order valence-corrected chi connectivity index (χ0v) is 18.2. The molecule has 0 radical (unpaired) electrons. The monoisotopic (exact) mass is 432 g/mol. The van der Waals surface area contributed by atoms with Gasteiger partial charge in [-0.2, -0.15) is 0 Å². The second-order valence-electron chi connectivity index (χ2n) is 7.40. The number of hydrogen-bond donors (Lipinski definition) is 1. The van der Waals surface area contributed by atoms with Crippen LogP contribution in [0.5, 0.6) is 11.5 Å². The first-order valence-electron chi connectivity index (χ1n) is 10.1. The number of nitrogens with zero attached hydrogens (tertiary/aromatic N) is 1. The van der Waals surface area contributed by atoms with E-state index in [1.54, 1.807) is 17.0 Å². The number of para-hydroxylation sites is 1. The fraction of sp³-hybridized carbons (Fsp3) is 0.409. The molecule has 162 valence electrons. The number of nitrogens with one attached hydrogen (secondary N) is 1. The third-order valence-electron chi connectivity index (χ3n) is 5.19. The van der Waals surface area contributed by atoms with E-state index in [4.69, 9.17) is 9.47 Å². The lowest BCUT2D eigenvalue weighted by atomic mass is 9.98. The summed E-state index contributed by atoms with van der Waals surface area (Å²) < 4.78 is 38.8. The quantitative estimate of drug-likeness (QED) is 0.649. The van der Waals surface area contributed by atoms with Crippen LogP contribution >= 0.6 is 0 Å². The number of sulfonamides is 1. The van der Waals surface area contributed by atoms with E-state index in [-0.39, 0.29) is 29.5 Å². The fourth-order valence-electron chi connectivity index (χ4n) is 3.35. The van der Waals surface area contributed by atoms with Gasteiger partial charge in [-0.15, -0.1) is 0 Å². The van der Waals surface area contributed by atoms with Crippen molar-refractivity contribution in [2.45, 2.75) is 24.7 Å².